The van der Waals surface area contributed by atoms with E-state index in [1.165, 1.54) is 24.5 Å². The molecule has 2 aromatic heterocycles. The molecule has 1 aromatic carbocycles. The second-order valence-electron chi connectivity index (χ2n) is 8.60. The van der Waals surface area contributed by atoms with Crippen LogP contribution in [0.5, 0.6) is 5.88 Å². The van der Waals surface area contributed by atoms with Crippen molar-refractivity contribution in [1.29, 1.82) is 0 Å². The first-order valence-corrected chi connectivity index (χ1v) is 11.9. The van der Waals surface area contributed by atoms with E-state index >= 15 is 0 Å². The van der Waals surface area contributed by atoms with Crippen LogP contribution in [0.25, 0.3) is 5.70 Å². The molecule has 0 radical (unpaired) electrons. The fraction of sp³-hybridized carbons (Fsp3) is 0.310. The lowest BCUT2D eigenvalue weighted by Gasteiger charge is -2.14. The van der Waals surface area contributed by atoms with E-state index in [0.717, 1.165) is 17.1 Å². The molecule has 0 unspecified atom stereocenters. The highest BCUT2D eigenvalue weighted by Crippen LogP contribution is 2.25. The molecule has 0 aliphatic heterocycles. The minimum absolute atomic E-state index is 0.0292. The highest BCUT2D eigenvalue weighted by Gasteiger charge is 2.20. The zero-order valence-corrected chi connectivity index (χ0v) is 23.4. The van der Waals surface area contributed by atoms with Crippen LogP contribution in [0, 0.1) is 18.7 Å². The molecule has 0 saturated heterocycles. The number of allylic oxidation sites excluding steroid dienone is 3. The number of nitrogens with one attached hydrogen (secondary N) is 2. The Labute approximate surface area is 230 Å². The SMILES string of the molecule is C#C.C/C=C(\C)n1nc(C(C)(C)C)cc1NC=O.C=CCF.CNc1ccc(F)c(COc2cnccn2)c1. The second kappa shape index (κ2) is 18.7. The summed E-state index contributed by atoms with van der Waals surface area (Å²) in [4.78, 5) is 18.3. The molecule has 0 saturated carbocycles. The highest BCUT2D eigenvalue weighted by atomic mass is 19.1. The van der Waals surface area contributed by atoms with Gasteiger partial charge in [0.05, 0.1) is 11.9 Å². The van der Waals surface area contributed by atoms with Gasteiger partial charge in [-0.3, -0.25) is 9.78 Å². The Kier molecular flexibility index (Phi) is 16.5. The fourth-order valence-corrected chi connectivity index (χ4v) is 2.65. The number of nitrogens with zero attached hydrogens (tertiary/aromatic N) is 4. The zero-order chi connectivity index (χ0) is 29.8. The number of halogens is 2. The molecule has 3 rings (SSSR count). The first kappa shape index (κ1) is 34.5. The van der Waals surface area contributed by atoms with Crippen molar-refractivity contribution in [1.82, 2.24) is 19.7 Å². The first-order valence-electron chi connectivity index (χ1n) is 11.9. The molecule has 1 amide bonds. The Bertz CT molecular complexity index is 1190. The summed E-state index contributed by atoms with van der Waals surface area (Å²) in [5.41, 5.74) is 3.23. The second-order valence-corrected chi connectivity index (χ2v) is 8.60. The van der Waals surface area contributed by atoms with Crippen LogP contribution in [0.3, 0.4) is 0 Å². The molecule has 2 heterocycles. The molecular weight excluding hydrogens is 502 g/mol. The van der Waals surface area contributed by atoms with Gasteiger partial charge in [-0.2, -0.15) is 5.10 Å². The van der Waals surface area contributed by atoms with E-state index in [2.05, 4.69) is 65.9 Å². The average molecular weight is 541 g/mol. The van der Waals surface area contributed by atoms with Crippen LogP contribution in [0.15, 0.2) is 61.6 Å². The van der Waals surface area contributed by atoms with Gasteiger partial charge in [0.15, 0.2) is 0 Å². The molecule has 39 heavy (non-hydrogen) atoms. The van der Waals surface area contributed by atoms with Crippen LogP contribution in [0.1, 0.15) is 45.9 Å². The van der Waals surface area contributed by atoms with E-state index in [1.54, 1.807) is 30.1 Å². The van der Waals surface area contributed by atoms with Gasteiger partial charge in [-0.25, -0.2) is 18.4 Å². The number of carbonyl (C=O) groups is 1. The predicted octanol–water partition coefficient (Wildman–Crippen LogP) is 6.26. The molecule has 10 heteroatoms. The third kappa shape index (κ3) is 12.5. The smallest absolute Gasteiger partial charge is 0.232 e. The number of aromatic nitrogens is 4. The van der Waals surface area contributed by atoms with Crippen LogP contribution >= 0.6 is 0 Å². The molecule has 0 spiro atoms. The van der Waals surface area contributed by atoms with E-state index in [4.69, 9.17) is 4.74 Å². The fourth-order valence-electron chi connectivity index (χ4n) is 2.65. The Hall–Kier alpha value is -4.52. The summed E-state index contributed by atoms with van der Waals surface area (Å²) in [5.74, 6) is 0.783. The summed E-state index contributed by atoms with van der Waals surface area (Å²) in [6, 6.07) is 6.68. The van der Waals surface area contributed by atoms with Crippen molar-refractivity contribution < 1.29 is 18.3 Å². The normalized spacial score (nSPS) is 10.3. The maximum Gasteiger partial charge on any atom is 0.232 e. The Balaban J connectivity index is 0.000000618. The molecule has 8 nitrogen and oxygen atoms in total. The van der Waals surface area contributed by atoms with Gasteiger partial charge < -0.3 is 15.4 Å². The molecule has 2 N–H and O–H groups in total. The predicted molar refractivity (Wildman–Crippen MR) is 155 cm³/mol. The van der Waals surface area contributed by atoms with Crippen molar-refractivity contribution in [3.05, 3.63) is 78.7 Å². The minimum Gasteiger partial charge on any atom is -0.472 e. The van der Waals surface area contributed by atoms with Crippen molar-refractivity contribution in [2.24, 2.45) is 0 Å². The van der Waals surface area contributed by atoms with Gasteiger partial charge in [0, 0.05) is 47.9 Å². The monoisotopic (exact) mass is 540 g/mol. The third-order valence-electron chi connectivity index (χ3n) is 4.79. The Morgan fingerprint density at radius 2 is 1.90 bits per heavy atom. The molecule has 0 bridgehead atoms. The van der Waals surface area contributed by atoms with Crippen LogP contribution in [-0.2, 0) is 16.8 Å². The van der Waals surface area contributed by atoms with Crippen LogP contribution < -0.4 is 15.4 Å². The summed E-state index contributed by atoms with van der Waals surface area (Å²) >= 11 is 0. The maximum absolute atomic E-state index is 13.5. The van der Waals surface area contributed by atoms with E-state index in [-0.39, 0.29) is 17.8 Å². The molecule has 0 aliphatic carbocycles. The highest BCUT2D eigenvalue weighted by molar-refractivity contribution is 5.71. The molecule has 3 aromatic rings. The van der Waals surface area contributed by atoms with Crippen LogP contribution in [-0.4, -0.2) is 39.9 Å². The van der Waals surface area contributed by atoms with Crippen molar-refractivity contribution in [2.75, 3.05) is 24.4 Å². The quantitative estimate of drug-likeness (QED) is 0.199. The van der Waals surface area contributed by atoms with Crippen molar-refractivity contribution in [3.8, 4) is 18.7 Å². The summed E-state index contributed by atoms with van der Waals surface area (Å²) in [6.45, 7) is 13.0. The number of hydrogen-bond acceptors (Lipinski definition) is 6. The van der Waals surface area contributed by atoms with Gasteiger partial charge in [-0.05, 0) is 32.0 Å². The number of terminal acetylenes is 1. The van der Waals surface area contributed by atoms with Gasteiger partial charge in [0.1, 0.15) is 24.9 Å². The number of alkyl halides is 1. The van der Waals surface area contributed by atoms with Gasteiger partial charge in [0.25, 0.3) is 0 Å². The van der Waals surface area contributed by atoms with Crippen molar-refractivity contribution in [2.45, 2.75) is 46.6 Å². The third-order valence-corrected chi connectivity index (χ3v) is 4.79. The lowest BCUT2D eigenvalue weighted by Crippen LogP contribution is -2.12. The van der Waals surface area contributed by atoms with Gasteiger partial charge in [-0.1, -0.05) is 32.9 Å². The van der Waals surface area contributed by atoms with E-state index in [9.17, 15) is 13.6 Å². The summed E-state index contributed by atoms with van der Waals surface area (Å²) in [6.07, 6.45) is 16.4. The van der Waals surface area contributed by atoms with Crippen molar-refractivity contribution >= 4 is 23.6 Å². The Morgan fingerprint density at radius 1 is 1.23 bits per heavy atom. The zero-order valence-electron chi connectivity index (χ0n) is 23.4. The lowest BCUT2D eigenvalue weighted by atomic mass is 9.92. The topological polar surface area (TPSA) is 94.0 Å². The van der Waals surface area contributed by atoms with Crippen LogP contribution in [0.4, 0.5) is 20.3 Å². The van der Waals surface area contributed by atoms with E-state index in [0.29, 0.717) is 23.7 Å². The number of hydrogen-bond donors (Lipinski definition) is 2. The number of amides is 1. The van der Waals surface area contributed by atoms with Crippen LogP contribution in [0.2, 0.25) is 0 Å². The first-order chi connectivity index (χ1) is 18.6. The summed E-state index contributed by atoms with van der Waals surface area (Å²) < 4.78 is 31.1. The Morgan fingerprint density at radius 3 is 2.38 bits per heavy atom. The number of benzene rings is 1. The minimum atomic E-state index is -0.417. The summed E-state index contributed by atoms with van der Waals surface area (Å²) in [7, 11) is 1.78. The van der Waals surface area contributed by atoms with Gasteiger partial charge >= 0.3 is 0 Å². The molecule has 210 valence electrons. The van der Waals surface area contributed by atoms with Gasteiger partial charge in [-0.15, -0.1) is 19.4 Å². The molecular formula is C29H38F2N6O2. The van der Waals surface area contributed by atoms with Crippen molar-refractivity contribution in [3.63, 3.8) is 0 Å². The number of rotatable bonds is 8. The molecule has 0 aliphatic rings. The number of anilines is 2. The maximum atomic E-state index is 13.5. The molecule has 0 fully saturated rings. The van der Waals surface area contributed by atoms with E-state index in [1.807, 2.05) is 26.0 Å². The number of ether oxygens (including phenoxy) is 1. The van der Waals surface area contributed by atoms with E-state index < -0.39 is 6.67 Å². The summed E-state index contributed by atoms with van der Waals surface area (Å²) in [5, 5.41) is 10.1. The van der Waals surface area contributed by atoms with Gasteiger partial charge in [0.2, 0.25) is 12.3 Å². The largest absolute Gasteiger partial charge is 0.472 e. The standard InChI is InChI=1S/C12H12FN3O.C12H19N3O.C3H5F.C2H2/c1-14-10-2-3-11(13)9(6-10)8-17-12-7-15-4-5-16-12;1-6-9(2)15-11(13-8-16)7-10(14-15)12(3,4)5;1-2-3-4;1-2/h2-7,14H,8H2,1H3;6-8H,1-5H3,(H,13,16);2H,1,3H2;1-2H/b;9-6+;;. The average Bonchev–Trinajstić information content (AvgIpc) is 3.39. The molecule has 0 atom stereocenters. The number of carbonyl (C=O) groups excluding carboxylic acids is 1. The lowest BCUT2D eigenvalue weighted by molar-refractivity contribution is -0.105.